The number of carbonyl (C=O) groups is 4. The minimum Gasteiger partial charge on any atom is -0.325 e. The highest BCUT2D eigenvalue weighted by Crippen LogP contribution is 2.38. The first-order chi connectivity index (χ1) is 15.4. The number of rotatable bonds is 6. The fourth-order valence-corrected chi connectivity index (χ4v) is 4.59. The monoisotopic (exact) mass is 433 g/mol. The second-order valence-electron chi connectivity index (χ2n) is 8.49. The van der Waals surface area contributed by atoms with Crippen LogP contribution in [0.1, 0.15) is 48.0 Å². The van der Waals surface area contributed by atoms with Crippen LogP contribution in [0, 0.1) is 18.8 Å². The summed E-state index contributed by atoms with van der Waals surface area (Å²) >= 11 is 0. The lowest BCUT2D eigenvalue weighted by Gasteiger charge is -2.19. The van der Waals surface area contributed by atoms with E-state index < -0.39 is 0 Å². The van der Waals surface area contributed by atoms with Crippen molar-refractivity contribution in [1.82, 2.24) is 4.90 Å². The Balaban J connectivity index is 1.38. The van der Waals surface area contributed by atoms with E-state index in [4.69, 9.17) is 0 Å². The molecule has 7 nitrogen and oxygen atoms in total. The molecule has 4 amide bonds. The highest BCUT2D eigenvalue weighted by atomic mass is 16.2. The Kier molecular flexibility index (Phi) is 6.35. The van der Waals surface area contributed by atoms with Gasteiger partial charge in [0.2, 0.25) is 17.7 Å². The molecule has 7 heteroatoms. The van der Waals surface area contributed by atoms with Gasteiger partial charge in [-0.25, -0.2) is 0 Å². The number of aryl methyl sites for hydroxylation is 1. The Morgan fingerprint density at radius 3 is 2.31 bits per heavy atom. The van der Waals surface area contributed by atoms with Crippen LogP contribution in [0.5, 0.6) is 0 Å². The third-order valence-corrected chi connectivity index (χ3v) is 6.22. The van der Waals surface area contributed by atoms with E-state index in [2.05, 4.69) is 10.6 Å². The van der Waals surface area contributed by atoms with Gasteiger partial charge in [-0.15, -0.1) is 0 Å². The summed E-state index contributed by atoms with van der Waals surface area (Å²) in [6, 6.07) is 14.2. The molecule has 2 atom stereocenters. The number of hydrogen-bond acceptors (Lipinski definition) is 4. The molecule has 32 heavy (non-hydrogen) atoms. The second-order valence-corrected chi connectivity index (χ2v) is 8.49. The molecular formula is C25H27N3O4. The number of carbonyl (C=O) groups excluding carboxylic acids is 4. The van der Waals surface area contributed by atoms with Crippen LogP contribution < -0.4 is 10.6 Å². The quantitative estimate of drug-likeness (QED) is 0.678. The molecule has 2 fully saturated rings. The molecule has 1 saturated carbocycles. The van der Waals surface area contributed by atoms with Crippen molar-refractivity contribution in [3.05, 3.63) is 59.7 Å². The van der Waals surface area contributed by atoms with Gasteiger partial charge < -0.3 is 10.6 Å². The molecule has 2 aromatic carbocycles. The van der Waals surface area contributed by atoms with Crippen molar-refractivity contribution in [2.45, 2.75) is 39.0 Å². The normalized spacial score (nSPS) is 20.1. The Hall–Kier alpha value is -3.48. The number of nitrogens with zero attached hydrogens (tertiary/aromatic N) is 1. The Labute approximate surface area is 187 Å². The molecule has 1 aliphatic carbocycles. The van der Waals surface area contributed by atoms with Crippen LogP contribution in [0.3, 0.4) is 0 Å². The van der Waals surface area contributed by atoms with E-state index in [0.29, 0.717) is 16.9 Å². The molecule has 1 heterocycles. The van der Waals surface area contributed by atoms with Gasteiger partial charge in [0.15, 0.2) is 0 Å². The van der Waals surface area contributed by atoms with Gasteiger partial charge in [-0.2, -0.15) is 0 Å². The zero-order valence-electron chi connectivity index (χ0n) is 18.1. The molecular weight excluding hydrogens is 406 g/mol. The topological polar surface area (TPSA) is 95.6 Å². The first-order valence-electron chi connectivity index (χ1n) is 11.1. The average molecular weight is 434 g/mol. The average Bonchev–Trinajstić information content (AvgIpc) is 3.02. The molecule has 166 valence electrons. The molecule has 0 bridgehead atoms. The summed E-state index contributed by atoms with van der Waals surface area (Å²) in [6.07, 6.45) is 3.43. The lowest BCUT2D eigenvalue weighted by atomic mass is 9.81. The summed E-state index contributed by atoms with van der Waals surface area (Å²) in [4.78, 5) is 51.8. The van der Waals surface area contributed by atoms with Crippen molar-refractivity contribution < 1.29 is 19.2 Å². The molecule has 2 aliphatic rings. The third-order valence-electron chi connectivity index (χ3n) is 6.22. The second kappa shape index (κ2) is 9.34. The molecule has 4 rings (SSSR count). The van der Waals surface area contributed by atoms with E-state index in [0.717, 1.165) is 31.2 Å². The number of imide groups is 1. The van der Waals surface area contributed by atoms with E-state index in [1.165, 1.54) is 4.90 Å². The fraction of sp³-hybridized carbons (Fsp3) is 0.360. The molecule has 2 aromatic rings. The molecule has 2 unspecified atom stereocenters. The van der Waals surface area contributed by atoms with Crippen LogP contribution in [0.2, 0.25) is 0 Å². The van der Waals surface area contributed by atoms with Gasteiger partial charge in [-0.3, -0.25) is 24.1 Å². The van der Waals surface area contributed by atoms with Crippen LogP contribution in [-0.2, 0) is 14.4 Å². The summed E-state index contributed by atoms with van der Waals surface area (Å²) in [5.41, 5.74) is 2.41. The first-order valence-corrected chi connectivity index (χ1v) is 11.1. The van der Waals surface area contributed by atoms with Gasteiger partial charge >= 0.3 is 0 Å². The van der Waals surface area contributed by atoms with E-state index in [1.807, 2.05) is 25.1 Å². The largest absolute Gasteiger partial charge is 0.325 e. The lowest BCUT2D eigenvalue weighted by molar-refractivity contribution is -0.140. The van der Waals surface area contributed by atoms with Gasteiger partial charge in [0.25, 0.3) is 5.91 Å². The Bertz CT molecular complexity index is 1040. The summed E-state index contributed by atoms with van der Waals surface area (Å²) in [5.74, 6) is -1.41. The minimum absolute atomic E-state index is 0.00917. The van der Waals surface area contributed by atoms with Gasteiger partial charge in [0.1, 0.15) is 0 Å². The van der Waals surface area contributed by atoms with Crippen LogP contribution in [0.25, 0.3) is 0 Å². The highest BCUT2D eigenvalue weighted by Gasteiger charge is 2.47. The van der Waals surface area contributed by atoms with Crippen molar-refractivity contribution in [3.8, 4) is 0 Å². The van der Waals surface area contributed by atoms with Gasteiger partial charge in [-0.05, 0) is 49.6 Å². The van der Waals surface area contributed by atoms with Crippen molar-refractivity contribution in [3.63, 3.8) is 0 Å². The highest BCUT2D eigenvalue weighted by molar-refractivity contribution is 6.10. The van der Waals surface area contributed by atoms with Crippen molar-refractivity contribution in [2.24, 2.45) is 11.8 Å². The number of amides is 4. The zero-order valence-corrected chi connectivity index (χ0v) is 18.1. The van der Waals surface area contributed by atoms with Crippen LogP contribution >= 0.6 is 0 Å². The standard InChI is InChI=1S/C25H27N3O4/c1-16-7-6-8-17(15-16)26-23(30)20-11-4-5-12-21(20)27-22(29)13-14-28-24(31)18-9-2-3-10-19(18)25(28)32/h4-8,11-12,15,18-19H,2-3,9-10,13-14H2,1H3,(H,26,30)(H,27,29). The number of hydrogen-bond donors (Lipinski definition) is 2. The first kappa shape index (κ1) is 21.7. The summed E-state index contributed by atoms with van der Waals surface area (Å²) in [5, 5.41) is 5.60. The van der Waals surface area contributed by atoms with E-state index in [1.54, 1.807) is 30.3 Å². The van der Waals surface area contributed by atoms with E-state index in [9.17, 15) is 19.2 Å². The predicted octanol–water partition coefficient (Wildman–Crippen LogP) is 3.75. The summed E-state index contributed by atoms with van der Waals surface area (Å²) in [7, 11) is 0. The number of anilines is 2. The Morgan fingerprint density at radius 2 is 1.62 bits per heavy atom. The summed E-state index contributed by atoms with van der Waals surface area (Å²) in [6.45, 7) is 2.00. The predicted molar refractivity (Wildman–Crippen MR) is 121 cm³/mol. The molecule has 1 aliphatic heterocycles. The van der Waals surface area contributed by atoms with Crippen molar-refractivity contribution in [1.29, 1.82) is 0 Å². The fourth-order valence-electron chi connectivity index (χ4n) is 4.59. The molecule has 0 aromatic heterocycles. The third kappa shape index (κ3) is 4.56. The SMILES string of the molecule is Cc1cccc(NC(=O)c2ccccc2NC(=O)CCN2C(=O)C3CCCCC3C2=O)c1. The molecule has 0 spiro atoms. The van der Waals surface area contributed by atoms with Gasteiger partial charge in [0.05, 0.1) is 23.1 Å². The number of likely N-dealkylation sites (tertiary alicyclic amines) is 1. The zero-order chi connectivity index (χ0) is 22.7. The van der Waals surface area contributed by atoms with Crippen molar-refractivity contribution in [2.75, 3.05) is 17.2 Å². The van der Waals surface area contributed by atoms with Crippen molar-refractivity contribution >= 4 is 35.0 Å². The lowest BCUT2D eigenvalue weighted by Crippen LogP contribution is -2.34. The van der Waals surface area contributed by atoms with E-state index >= 15 is 0 Å². The smallest absolute Gasteiger partial charge is 0.257 e. The van der Waals surface area contributed by atoms with Gasteiger partial charge in [-0.1, -0.05) is 37.1 Å². The van der Waals surface area contributed by atoms with Crippen LogP contribution in [-0.4, -0.2) is 35.1 Å². The Morgan fingerprint density at radius 1 is 0.938 bits per heavy atom. The number of nitrogens with one attached hydrogen (secondary N) is 2. The molecule has 2 N–H and O–H groups in total. The minimum atomic E-state index is -0.351. The maximum Gasteiger partial charge on any atom is 0.257 e. The maximum absolute atomic E-state index is 12.8. The molecule has 1 saturated heterocycles. The number of benzene rings is 2. The summed E-state index contributed by atoms with van der Waals surface area (Å²) < 4.78 is 0. The van der Waals surface area contributed by atoms with Crippen LogP contribution in [0.15, 0.2) is 48.5 Å². The molecule has 0 radical (unpaired) electrons. The van der Waals surface area contributed by atoms with E-state index in [-0.39, 0.29) is 48.4 Å². The number of para-hydroxylation sites is 1. The number of fused-ring (bicyclic) bond motifs is 1. The maximum atomic E-state index is 12.8. The van der Waals surface area contributed by atoms with Crippen LogP contribution in [0.4, 0.5) is 11.4 Å². The van der Waals surface area contributed by atoms with Gasteiger partial charge in [0, 0.05) is 18.7 Å².